The number of benzene rings is 6. The predicted molar refractivity (Wildman–Crippen MR) is 355 cm³/mol. The molecule has 0 bridgehead atoms. The summed E-state index contributed by atoms with van der Waals surface area (Å²) in [7, 11) is 11.9. The predicted octanol–water partition coefficient (Wildman–Crippen LogP) is 16.5. The van der Waals surface area contributed by atoms with Crippen molar-refractivity contribution in [2.24, 2.45) is 11.8 Å². The van der Waals surface area contributed by atoms with Crippen LogP contribution < -0.4 is 34.4 Å². The Morgan fingerprint density at radius 1 is 0.461 bits per heavy atom. The first-order chi connectivity index (χ1) is 35.2. The van der Waals surface area contributed by atoms with Crippen LogP contribution in [0.4, 0.5) is 0 Å². The molecule has 0 saturated heterocycles. The van der Waals surface area contributed by atoms with Crippen LogP contribution in [0.3, 0.4) is 0 Å². The number of hydrogen-bond donors (Lipinski definition) is 0. The Kier molecular flexibility index (Phi) is 15.6. The summed E-state index contributed by atoms with van der Waals surface area (Å²) in [5.41, 5.74) is 19.6. The summed E-state index contributed by atoms with van der Waals surface area (Å²) in [5, 5.41) is 9.21. The zero-order valence-corrected chi connectivity index (χ0v) is 59.7. The third-order valence-corrected chi connectivity index (χ3v) is 48.4. The van der Waals surface area contributed by atoms with Gasteiger partial charge in [0, 0.05) is 0 Å². The van der Waals surface area contributed by atoms with E-state index in [-0.39, 0.29) is 7.25 Å². The quantitative estimate of drug-likeness (QED) is 0.0898. The van der Waals surface area contributed by atoms with Gasteiger partial charge in [-0.25, -0.2) is 0 Å². The maximum absolute atomic E-state index is 9.85. The molecular formula is C68H91Cl2Si5Zr. The molecule has 2 aliphatic carbocycles. The molecule has 1 heterocycles. The van der Waals surface area contributed by atoms with Gasteiger partial charge in [-0.3, -0.25) is 0 Å². The van der Waals surface area contributed by atoms with Crippen molar-refractivity contribution in [3.05, 3.63) is 148 Å². The molecule has 2 atom stereocenters. The summed E-state index contributed by atoms with van der Waals surface area (Å²) in [6.45, 7) is 49.5. The maximum atomic E-state index is 9.85. The van der Waals surface area contributed by atoms with E-state index in [2.05, 4.69) is 249 Å². The standard InChI is InChI=1S/2C28H41Si2.C12H9Si.2ClH.Zr/c2*1-19(2)13-21-14-22-11-12-26(20(3)4)28(27(22)15-21)23-16-24(29(5,6)7)18-25(17-23)30(8,9)10;1-3-7-11-9(5-1)10-6-2-4-8-12(10)13-11;;;/h2*11-12,14-20H,13H2,1-10H3;1-7H,13H2;2*1H;/q;;;;;+2/p-2. The van der Waals surface area contributed by atoms with E-state index >= 15 is 0 Å². The van der Waals surface area contributed by atoms with Gasteiger partial charge in [-0.15, -0.1) is 0 Å². The van der Waals surface area contributed by atoms with Crippen molar-refractivity contribution in [2.75, 3.05) is 0 Å². The van der Waals surface area contributed by atoms with E-state index in [4.69, 9.17) is 0 Å². The van der Waals surface area contributed by atoms with E-state index in [1.54, 1.807) is 20.7 Å². The van der Waals surface area contributed by atoms with Gasteiger partial charge in [-0.05, 0) is 0 Å². The second kappa shape index (κ2) is 20.4. The molecule has 0 spiro atoms. The molecule has 6 aromatic carbocycles. The van der Waals surface area contributed by atoms with Crippen LogP contribution in [0, 0.1) is 11.8 Å². The van der Waals surface area contributed by atoms with Crippen molar-refractivity contribution in [3.63, 3.8) is 0 Å². The topological polar surface area (TPSA) is 0 Å². The van der Waals surface area contributed by atoms with Crippen LogP contribution in [0.1, 0.15) is 121 Å². The van der Waals surface area contributed by atoms with Gasteiger partial charge in [0.2, 0.25) is 0 Å². The van der Waals surface area contributed by atoms with Gasteiger partial charge in [-0.2, -0.15) is 0 Å². The fraction of sp³-hybridized carbons (Fsp3) is 0.412. The second-order valence-corrected chi connectivity index (χ2v) is 72.0. The Bertz CT molecular complexity index is 3110. The van der Waals surface area contributed by atoms with Crippen LogP contribution >= 0.6 is 17.0 Å². The van der Waals surface area contributed by atoms with Gasteiger partial charge in [0.15, 0.2) is 0 Å². The fourth-order valence-electron chi connectivity index (χ4n) is 13.6. The first kappa shape index (κ1) is 58.0. The summed E-state index contributed by atoms with van der Waals surface area (Å²) >= 11 is -5.91. The summed E-state index contributed by atoms with van der Waals surface area (Å²) in [5.74, 6) is 1.50. The van der Waals surface area contributed by atoms with E-state index in [1.165, 1.54) is 91.6 Å². The van der Waals surface area contributed by atoms with E-state index in [1.807, 2.05) is 0 Å². The SMILES string of the molecule is CC(C)CC1=Cc2c(ccc(C(C)C)c2-c2cc([Si](C)(C)C)cc([Si](C)(C)C)c2)[CH]1[Zr]([Cl])([Cl])([c]1cccc2c1[SiH2]c1ccccc1-2)[CH]1C(CC(C)C)=Cc2c1ccc(C(C)C)c2-c1cc([Si](C)(C)C)cc([Si](C)(C)C)c1. The molecule has 1 aliphatic heterocycles. The first-order valence-electron chi connectivity index (χ1n) is 29.0. The molecule has 0 fully saturated rings. The van der Waals surface area contributed by atoms with Crippen molar-refractivity contribution < 1.29 is 16.4 Å². The van der Waals surface area contributed by atoms with Crippen molar-refractivity contribution in [1.29, 1.82) is 0 Å². The van der Waals surface area contributed by atoms with Gasteiger partial charge >= 0.3 is 481 Å². The van der Waals surface area contributed by atoms with E-state index in [0.717, 1.165) is 12.8 Å². The van der Waals surface area contributed by atoms with E-state index in [0.29, 0.717) is 23.7 Å². The van der Waals surface area contributed by atoms with E-state index in [9.17, 15) is 17.0 Å². The Balaban J connectivity index is 1.44. The number of allylic oxidation sites excluding steroid dienone is 2. The molecule has 0 amide bonds. The summed E-state index contributed by atoms with van der Waals surface area (Å²) in [6, 6.07) is 42.2. The van der Waals surface area contributed by atoms with Gasteiger partial charge in [0.1, 0.15) is 0 Å². The van der Waals surface area contributed by atoms with Crippen LogP contribution in [0.15, 0.2) is 114 Å². The molecule has 0 nitrogen and oxygen atoms in total. The molecule has 401 valence electrons. The number of fused-ring (bicyclic) bond motifs is 5. The van der Waals surface area contributed by atoms with Crippen molar-refractivity contribution in [3.8, 4) is 33.4 Å². The van der Waals surface area contributed by atoms with Crippen LogP contribution in [-0.2, 0) is 16.4 Å². The van der Waals surface area contributed by atoms with Crippen molar-refractivity contribution in [2.45, 2.75) is 166 Å². The van der Waals surface area contributed by atoms with Crippen LogP contribution in [0.25, 0.3) is 45.5 Å². The molecule has 76 heavy (non-hydrogen) atoms. The third kappa shape index (κ3) is 10.4. The summed E-state index contributed by atoms with van der Waals surface area (Å²) < 4.78 is 1.07. The summed E-state index contributed by atoms with van der Waals surface area (Å²) in [6.07, 6.45) is 7.23. The Labute approximate surface area is 476 Å². The molecule has 2 unspecified atom stereocenters. The average Bonchev–Trinajstić information content (AvgIpc) is 4.01. The Hall–Kier alpha value is -2.65. The van der Waals surface area contributed by atoms with Crippen LogP contribution in [-0.4, -0.2) is 41.8 Å². The summed E-state index contributed by atoms with van der Waals surface area (Å²) in [4.78, 5) is 0. The molecule has 8 heteroatoms. The molecule has 0 saturated carbocycles. The third-order valence-electron chi connectivity index (χ3n) is 17.5. The molecule has 0 aromatic heterocycles. The molecule has 9 rings (SSSR count). The van der Waals surface area contributed by atoms with Gasteiger partial charge in [-0.1, -0.05) is 0 Å². The van der Waals surface area contributed by atoms with E-state index < -0.39 is 58.2 Å². The van der Waals surface area contributed by atoms with Gasteiger partial charge in [0.05, 0.1) is 0 Å². The zero-order valence-electron chi connectivity index (χ0n) is 50.3. The van der Waals surface area contributed by atoms with Gasteiger partial charge in [0.25, 0.3) is 0 Å². The molecule has 0 radical (unpaired) electrons. The number of halogens is 2. The Morgan fingerprint density at radius 2 is 0.842 bits per heavy atom. The van der Waals surface area contributed by atoms with Crippen LogP contribution in [0.2, 0.25) is 78.6 Å². The molecular weight excluding hydrogens is 1120 g/mol. The fourth-order valence-corrected chi connectivity index (χ4v) is 46.4. The normalized spacial score (nSPS) is 17.6. The number of rotatable bonds is 15. The van der Waals surface area contributed by atoms with Crippen LogP contribution in [0.5, 0.6) is 0 Å². The second-order valence-electron chi connectivity index (χ2n) is 29.3. The monoisotopic (exact) mass is 1210 g/mol. The molecule has 0 N–H and O–H groups in total. The Morgan fingerprint density at radius 3 is 1.21 bits per heavy atom. The minimum absolute atomic E-state index is 0.128. The number of hydrogen-bond acceptors (Lipinski definition) is 0. The average molecular weight is 1210 g/mol. The van der Waals surface area contributed by atoms with Crippen molar-refractivity contribution in [1.82, 2.24) is 0 Å². The minimum atomic E-state index is -5.91. The van der Waals surface area contributed by atoms with Gasteiger partial charge < -0.3 is 0 Å². The molecule has 6 aromatic rings. The molecule has 3 aliphatic rings. The zero-order chi connectivity index (χ0) is 55.6. The first-order valence-corrected chi connectivity index (χ1v) is 54.9. The van der Waals surface area contributed by atoms with Crippen molar-refractivity contribution >= 4 is 105 Å².